The van der Waals surface area contributed by atoms with E-state index in [1.807, 2.05) is 13.0 Å². The van der Waals surface area contributed by atoms with Crippen LogP contribution in [-0.4, -0.2) is 0 Å². The van der Waals surface area contributed by atoms with Crippen molar-refractivity contribution >= 4 is 25.3 Å². The lowest BCUT2D eigenvalue weighted by Crippen LogP contribution is -2.34. The molecule has 0 radical (unpaired) electrons. The SMILES string of the molecule is C=C/C=c1/o/c(=C/C(=C)C)c(=C)c1=C. The molecule has 0 amide bonds. The van der Waals surface area contributed by atoms with Crippen molar-refractivity contribution < 1.29 is 4.42 Å². The zero-order valence-electron chi connectivity index (χ0n) is 8.47. The second-order valence-electron chi connectivity index (χ2n) is 3.18. The molecule has 1 heterocycles. The van der Waals surface area contributed by atoms with E-state index < -0.39 is 0 Å². The lowest BCUT2D eigenvalue weighted by Gasteiger charge is -1.80. The molecule has 0 aliphatic carbocycles. The fraction of sp³-hybridized carbons (Fsp3) is 0.0769. The summed E-state index contributed by atoms with van der Waals surface area (Å²) in [5.41, 5.74) is 2.35. The molecule has 1 heteroatoms. The smallest absolute Gasteiger partial charge is 0.135 e. The van der Waals surface area contributed by atoms with Crippen LogP contribution in [0.4, 0.5) is 0 Å². The van der Waals surface area contributed by atoms with Gasteiger partial charge in [0.05, 0.1) is 0 Å². The standard InChI is InChI=1S/C13H14O/c1-6-7-12-10(4)11(5)13(14-12)8-9(2)3/h6-8H,1-2,4-5H2,3H3/b12-7+,13-8+. The largest absolute Gasteiger partial charge is 0.456 e. The van der Waals surface area contributed by atoms with E-state index in [2.05, 4.69) is 26.3 Å². The Hall–Kier alpha value is -1.76. The molecule has 0 aromatic carbocycles. The second-order valence-corrected chi connectivity index (χ2v) is 3.18. The Bertz CT molecular complexity index is 570. The summed E-state index contributed by atoms with van der Waals surface area (Å²) in [4.78, 5) is 0. The molecule has 0 bridgehead atoms. The lowest BCUT2D eigenvalue weighted by molar-refractivity contribution is 0.498. The van der Waals surface area contributed by atoms with Gasteiger partial charge in [0.25, 0.3) is 0 Å². The lowest BCUT2D eigenvalue weighted by atomic mass is 10.3. The number of hydrogen-bond donors (Lipinski definition) is 0. The van der Waals surface area contributed by atoms with E-state index in [1.165, 1.54) is 0 Å². The van der Waals surface area contributed by atoms with Crippen LogP contribution < -0.4 is 21.3 Å². The third-order valence-corrected chi connectivity index (χ3v) is 1.83. The van der Waals surface area contributed by atoms with Crippen LogP contribution in [0.25, 0.3) is 25.3 Å². The highest BCUT2D eigenvalue weighted by molar-refractivity contribution is 5.42. The van der Waals surface area contributed by atoms with Gasteiger partial charge in [0.15, 0.2) is 0 Å². The van der Waals surface area contributed by atoms with Gasteiger partial charge in [0, 0.05) is 10.4 Å². The van der Waals surface area contributed by atoms with Crippen molar-refractivity contribution in [3.63, 3.8) is 0 Å². The van der Waals surface area contributed by atoms with Crippen molar-refractivity contribution in [2.24, 2.45) is 0 Å². The summed E-state index contributed by atoms with van der Waals surface area (Å²) >= 11 is 0. The average Bonchev–Trinajstić information content (AvgIpc) is 2.34. The fourth-order valence-corrected chi connectivity index (χ4v) is 1.12. The maximum Gasteiger partial charge on any atom is 0.135 e. The minimum atomic E-state index is 0.706. The quantitative estimate of drug-likeness (QED) is 0.652. The van der Waals surface area contributed by atoms with E-state index in [0.717, 1.165) is 21.4 Å². The Labute approximate surface area is 83.4 Å². The molecule has 1 nitrogen and oxygen atoms in total. The minimum Gasteiger partial charge on any atom is -0.456 e. The summed E-state index contributed by atoms with van der Waals surface area (Å²) in [6.07, 6.45) is 5.28. The topological polar surface area (TPSA) is 13.1 Å². The summed E-state index contributed by atoms with van der Waals surface area (Å²) in [5, 5.41) is 1.61. The van der Waals surface area contributed by atoms with Crippen LogP contribution in [0, 0.1) is 0 Å². The molecule has 1 rings (SSSR count). The van der Waals surface area contributed by atoms with Crippen LogP contribution in [0.3, 0.4) is 0 Å². The molecule has 1 aromatic heterocycles. The fourth-order valence-electron chi connectivity index (χ4n) is 1.12. The molecule has 0 unspecified atom stereocenters. The van der Waals surface area contributed by atoms with Gasteiger partial charge in [-0.15, -0.1) is 0 Å². The Morgan fingerprint density at radius 2 is 1.79 bits per heavy atom. The Kier molecular flexibility index (Phi) is 2.92. The van der Waals surface area contributed by atoms with E-state index >= 15 is 0 Å². The van der Waals surface area contributed by atoms with Gasteiger partial charge in [-0.05, 0) is 19.1 Å². The van der Waals surface area contributed by atoms with Gasteiger partial charge in [0.1, 0.15) is 10.8 Å². The third-order valence-electron chi connectivity index (χ3n) is 1.83. The molecule has 0 fully saturated rings. The third kappa shape index (κ3) is 1.94. The summed E-state index contributed by atoms with van der Waals surface area (Å²) in [6, 6.07) is 0. The maximum absolute atomic E-state index is 5.53. The van der Waals surface area contributed by atoms with Gasteiger partial charge in [-0.1, -0.05) is 38.0 Å². The monoisotopic (exact) mass is 186 g/mol. The molecule has 1 aromatic rings. The van der Waals surface area contributed by atoms with E-state index in [0.29, 0.717) is 5.42 Å². The van der Waals surface area contributed by atoms with Crippen molar-refractivity contribution in [1.29, 1.82) is 0 Å². The van der Waals surface area contributed by atoms with Gasteiger partial charge in [-0.2, -0.15) is 0 Å². The predicted octanol–water partition coefficient (Wildman–Crippen LogP) is 0.423. The molecule has 0 saturated heterocycles. The molecule has 0 atom stereocenters. The first kappa shape index (κ1) is 10.3. The van der Waals surface area contributed by atoms with E-state index in [4.69, 9.17) is 4.42 Å². The zero-order valence-corrected chi connectivity index (χ0v) is 8.47. The van der Waals surface area contributed by atoms with E-state index in [1.54, 1.807) is 12.2 Å². The van der Waals surface area contributed by atoms with Crippen molar-refractivity contribution in [3.05, 3.63) is 46.1 Å². The first-order valence-corrected chi connectivity index (χ1v) is 4.33. The molecular formula is C13H14O. The molecular weight excluding hydrogens is 172 g/mol. The van der Waals surface area contributed by atoms with Gasteiger partial charge >= 0.3 is 0 Å². The molecule has 0 spiro atoms. The predicted molar refractivity (Wildman–Crippen MR) is 62.2 cm³/mol. The van der Waals surface area contributed by atoms with Crippen LogP contribution >= 0.6 is 0 Å². The van der Waals surface area contributed by atoms with E-state index in [9.17, 15) is 0 Å². The highest BCUT2D eigenvalue weighted by Gasteiger charge is 1.92. The van der Waals surface area contributed by atoms with Crippen LogP contribution in [-0.2, 0) is 0 Å². The van der Waals surface area contributed by atoms with Gasteiger partial charge in [-0.3, -0.25) is 0 Å². The van der Waals surface area contributed by atoms with Crippen LogP contribution in [0.15, 0.2) is 29.2 Å². The second kappa shape index (κ2) is 3.97. The number of allylic oxidation sites excluding steroid dienone is 2. The summed E-state index contributed by atoms with van der Waals surface area (Å²) in [6.45, 7) is 17.1. The molecule has 0 N–H and O–H groups in total. The highest BCUT2D eigenvalue weighted by atomic mass is 16.3. The van der Waals surface area contributed by atoms with Crippen molar-refractivity contribution in [2.45, 2.75) is 6.92 Å². The molecule has 14 heavy (non-hydrogen) atoms. The van der Waals surface area contributed by atoms with Crippen LogP contribution in [0.1, 0.15) is 6.92 Å². The Balaban J connectivity index is 3.70. The van der Waals surface area contributed by atoms with Crippen LogP contribution in [0.2, 0.25) is 0 Å². The van der Waals surface area contributed by atoms with Crippen molar-refractivity contribution in [2.75, 3.05) is 0 Å². The van der Waals surface area contributed by atoms with Crippen LogP contribution in [0.5, 0.6) is 0 Å². The van der Waals surface area contributed by atoms with Gasteiger partial charge in [0.2, 0.25) is 0 Å². The Morgan fingerprint density at radius 3 is 2.29 bits per heavy atom. The van der Waals surface area contributed by atoms with Crippen molar-refractivity contribution in [1.82, 2.24) is 0 Å². The number of hydrogen-bond acceptors (Lipinski definition) is 1. The first-order valence-electron chi connectivity index (χ1n) is 4.33. The van der Waals surface area contributed by atoms with E-state index in [-0.39, 0.29) is 0 Å². The highest BCUT2D eigenvalue weighted by Crippen LogP contribution is 1.83. The van der Waals surface area contributed by atoms with Gasteiger partial charge in [-0.25, -0.2) is 0 Å². The average molecular weight is 186 g/mol. The Morgan fingerprint density at radius 1 is 1.21 bits per heavy atom. The summed E-state index contributed by atoms with van der Waals surface area (Å²) in [7, 11) is 0. The van der Waals surface area contributed by atoms with Gasteiger partial charge < -0.3 is 4.42 Å². The number of rotatable bonds is 2. The molecule has 0 saturated carbocycles. The summed E-state index contributed by atoms with van der Waals surface area (Å²) < 4.78 is 5.53. The maximum atomic E-state index is 5.53. The normalized spacial score (nSPS) is 13.2. The summed E-state index contributed by atoms with van der Waals surface area (Å²) in [5.74, 6) is 0. The number of furan rings is 1. The molecule has 0 aliphatic rings. The zero-order chi connectivity index (χ0) is 10.7. The van der Waals surface area contributed by atoms with Crippen molar-refractivity contribution in [3.8, 4) is 0 Å². The first-order chi connectivity index (χ1) is 6.56. The molecule has 72 valence electrons. The molecule has 0 aliphatic heterocycles. The minimum absolute atomic E-state index is 0.706.